The predicted octanol–water partition coefficient (Wildman–Crippen LogP) is 4.69. The maximum Gasteiger partial charge on any atom is 0.251 e. The average molecular weight is 364 g/mol. The normalized spacial score (nSPS) is 17.2. The molecule has 1 aliphatic rings. The van der Waals surface area contributed by atoms with E-state index in [1.807, 2.05) is 38.2 Å². The van der Waals surface area contributed by atoms with Crippen LogP contribution in [0.4, 0.5) is 0 Å². The van der Waals surface area contributed by atoms with Crippen LogP contribution < -0.4 is 5.32 Å². The van der Waals surface area contributed by atoms with E-state index in [1.165, 1.54) is 5.39 Å². The highest BCUT2D eigenvalue weighted by Crippen LogP contribution is 2.25. The Balaban J connectivity index is 0.00000102. The van der Waals surface area contributed by atoms with Gasteiger partial charge in [-0.15, -0.1) is 0 Å². The molecule has 1 atom stereocenters. The highest BCUT2D eigenvalue weighted by atomic mass is 16.1. The molecular formula is C23H29N3O. The number of aromatic amines is 1. The van der Waals surface area contributed by atoms with Crippen LogP contribution in [0.1, 0.15) is 37.0 Å². The van der Waals surface area contributed by atoms with Crippen molar-refractivity contribution in [3.8, 4) is 11.1 Å². The number of amides is 1. The summed E-state index contributed by atoms with van der Waals surface area (Å²) < 4.78 is 0. The van der Waals surface area contributed by atoms with E-state index in [9.17, 15) is 4.79 Å². The molecule has 1 aromatic heterocycles. The maximum atomic E-state index is 12.6. The molecule has 0 aliphatic carbocycles. The predicted molar refractivity (Wildman–Crippen MR) is 113 cm³/mol. The molecular weight excluding hydrogens is 334 g/mol. The van der Waals surface area contributed by atoms with E-state index in [0.29, 0.717) is 0 Å². The first-order chi connectivity index (χ1) is 13.2. The fourth-order valence-corrected chi connectivity index (χ4v) is 3.63. The second kappa shape index (κ2) is 8.87. The molecule has 2 aromatic carbocycles. The Labute approximate surface area is 161 Å². The van der Waals surface area contributed by atoms with Crippen LogP contribution in [-0.2, 0) is 0 Å². The van der Waals surface area contributed by atoms with E-state index in [0.717, 1.165) is 48.1 Å². The molecule has 2 N–H and O–H groups in total. The topological polar surface area (TPSA) is 48.1 Å². The fourth-order valence-electron chi connectivity index (χ4n) is 3.63. The summed E-state index contributed by atoms with van der Waals surface area (Å²) in [7, 11) is 2.11. The Morgan fingerprint density at radius 2 is 1.93 bits per heavy atom. The number of likely N-dealkylation sites (N-methyl/N-ethyl adjacent to an activating group) is 1. The van der Waals surface area contributed by atoms with Gasteiger partial charge in [0.05, 0.1) is 0 Å². The summed E-state index contributed by atoms with van der Waals surface area (Å²) in [5.74, 6) is 0.0184. The van der Waals surface area contributed by atoms with Crippen molar-refractivity contribution in [1.29, 1.82) is 0 Å². The van der Waals surface area contributed by atoms with Crippen molar-refractivity contribution in [3.05, 3.63) is 60.3 Å². The Bertz CT molecular complexity index is 899. The number of hydrogen-bond donors (Lipinski definition) is 2. The number of H-pyrrole nitrogens is 1. The van der Waals surface area contributed by atoms with Crippen LogP contribution in [0.5, 0.6) is 0 Å². The number of nitrogens with one attached hydrogen (secondary N) is 2. The lowest BCUT2D eigenvalue weighted by Crippen LogP contribution is -2.46. The van der Waals surface area contributed by atoms with Gasteiger partial charge in [0.15, 0.2) is 0 Å². The van der Waals surface area contributed by atoms with Crippen molar-refractivity contribution in [3.63, 3.8) is 0 Å². The molecule has 4 nitrogen and oxygen atoms in total. The molecule has 0 bridgehead atoms. The van der Waals surface area contributed by atoms with Crippen LogP contribution in [0.2, 0.25) is 0 Å². The van der Waals surface area contributed by atoms with Crippen LogP contribution in [0, 0.1) is 0 Å². The van der Waals surface area contributed by atoms with Gasteiger partial charge in [-0.05, 0) is 73.3 Å². The molecule has 1 saturated heterocycles. The number of benzene rings is 2. The van der Waals surface area contributed by atoms with Gasteiger partial charge < -0.3 is 15.2 Å². The number of piperidine rings is 1. The van der Waals surface area contributed by atoms with Gasteiger partial charge in [-0.1, -0.05) is 32.0 Å². The minimum Gasteiger partial charge on any atom is -0.361 e. The van der Waals surface area contributed by atoms with E-state index < -0.39 is 0 Å². The summed E-state index contributed by atoms with van der Waals surface area (Å²) in [6, 6.07) is 16.5. The van der Waals surface area contributed by atoms with Crippen LogP contribution in [0.15, 0.2) is 54.7 Å². The Kier molecular flexibility index (Phi) is 6.30. The van der Waals surface area contributed by atoms with Crippen molar-refractivity contribution in [2.24, 2.45) is 0 Å². The lowest BCUT2D eigenvalue weighted by atomic mass is 10.0. The fraction of sp³-hybridized carbons (Fsp3) is 0.348. The van der Waals surface area contributed by atoms with Gasteiger partial charge in [-0.25, -0.2) is 0 Å². The molecule has 2 heterocycles. The van der Waals surface area contributed by atoms with Gasteiger partial charge in [0.25, 0.3) is 5.91 Å². The molecule has 1 aliphatic heterocycles. The van der Waals surface area contributed by atoms with Gasteiger partial charge in [-0.2, -0.15) is 0 Å². The molecule has 0 spiro atoms. The largest absolute Gasteiger partial charge is 0.361 e. The van der Waals surface area contributed by atoms with Crippen molar-refractivity contribution in [1.82, 2.24) is 15.2 Å². The highest BCUT2D eigenvalue weighted by molar-refractivity contribution is 5.96. The molecule has 3 aromatic rings. The monoisotopic (exact) mass is 363 g/mol. The number of carbonyl (C=O) groups is 1. The van der Waals surface area contributed by atoms with Gasteiger partial charge in [0.2, 0.25) is 0 Å². The van der Waals surface area contributed by atoms with Gasteiger partial charge in [-0.3, -0.25) is 4.79 Å². The number of hydrogen-bond acceptors (Lipinski definition) is 2. The molecule has 1 amide bonds. The summed E-state index contributed by atoms with van der Waals surface area (Å²) in [4.78, 5) is 18.1. The van der Waals surface area contributed by atoms with E-state index in [1.54, 1.807) is 0 Å². The third-order valence-corrected chi connectivity index (χ3v) is 4.97. The minimum absolute atomic E-state index is 0.0184. The second-order valence-corrected chi connectivity index (χ2v) is 6.94. The zero-order valence-corrected chi connectivity index (χ0v) is 16.5. The van der Waals surface area contributed by atoms with E-state index in [4.69, 9.17) is 0 Å². The molecule has 1 fully saturated rings. The number of likely N-dealkylation sites (tertiary alicyclic amines) is 1. The average Bonchev–Trinajstić information content (AvgIpc) is 3.17. The number of carbonyl (C=O) groups excluding carboxylic acids is 1. The third-order valence-electron chi connectivity index (χ3n) is 4.97. The molecule has 4 rings (SSSR count). The first-order valence-corrected chi connectivity index (χ1v) is 9.86. The Hall–Kier alpha value is -2.59. The first-order valence-electron chi connectivity index (χ1n) is 9.86. The maximum absolute atomic E-state index is 12.6. The summed E-state index contributed by atoms with van der Waals surface area (Å²) >= 11 is 0. The van der Waals surface area contributed by atoms with Crippen LogP contribution in [0.25, 0.3) is 22.0 Å². The van der Waals surface area contributed by atoms with Crippen LogP contribution >= 0.6 is 0 Å². The molecule has 27 heavy (non-hydrogen) atoms. The number of rotatable bonds is 3. The van der Waals surface area contributed by atoms with E-state index >= 15 is 0 Å². The van der Waals surface area contributed by atoms with Gasteiger partial charge >= 0.3 is 0 Å². The Morgan fingerprint density at radius 1 is 1.11 bits per heavy atom. The van der Waals surface area contributed by atoms with Crippen molar-refractivity contribution < 1.29 is 4.79 Å². The number of nitrogens with zero attached hydrogens (tertiary/aromatic N) is 1. The zero-order chi connectivity index (χ0) is 19.2. The molecule has 0 unspecified atom stereocenters. The standard InChI is InChI=1S/C21H23N3O.C2H6/c1-24-11-3-6-19(14-24)23-21(25)18-5-2-4-15(13-18)16-7-8-20-17(12-16)9-10-22-20;1-2/h2,4-5,7-10,12-13,19,22H,3,6,11,14H2,1H3,(H,23,25);1-2H3/t19-;/m1./s1. The van der Waals surface area contributed by atoms with Crippen molar-refractivity contribution in [2.75, 3.05) is 20.1 Å². The van der Waals surface area contributed by atoms with E-state index in [2.05, 4.69) is 52.6 Å². The molecule has 0 saturated carbocycles. The number of fused-ring (bicyclic) bond motifs is 1. The summed E-state index contributed by atoms with van der Waals surface area (Å²) in [6.45, 7) is 6.04. The minimum atomic E-state index is 0.0184. The first kappa shape index (κ1) is 19.2. The summed E-state index contributed by atoms with van der Waals surface area (Å²) in [5.41, 5.74) is 4.04. The van der Waals surface area contributed by atoms with Gasteiger partial charge in [0.1, 0.15) is 0 Å². The van der Waals surface area contributed by atoms with Crippen molar-refractivity contribution >= 4 is 16.8 Å². The molecule has 0 radical (unpaired) electrons. The molecule has 4 heteroatoms. The highest BCUT2D eigenvalue weighted by Gasteiger charge is 2.19. The third kappa shape index (κ3) is 4.58. The Morgan fingerprint density at radius 3 is 2.74 bits per heavy atom. The number of aromatic nitrogens is 1. The summed E-state index contributed by atoms with van der Waals surface area (Å²) in [5, 5.41) is 4.36. The second-order valence-electron chi connectivity index (χ2n) is 6.94. The summed E-state index contributed by atoms with van der Waals surface area (Å²) in [6.07, 6.45) is 4.14. The van der Waals surface area contributed by atoms with E-state index in [-0.39, 0.29) is 11.9 Å². The lowest BCUT2D eigenvalue weighted by molar-refractivity contribution is 0.0912. The van der Waals surface area contributed by atoms with Crippen molar-refractivity contribution in [2.45, 2.75) is 32.7 Å². The smallest absolute Gasteiger partial charge is 0.251 e. The lowest BCUT2D eigenvalue weighted by Gasteiger charge is -2.30. The quantitative estimate of drug-likeness (QED) is 0.709. The molecule has 142 valence electrons. The van der Waals surface area contributed by atoms with Gasteiger partial charge in [0, 0.05) is 29.9 Å². The SMILES string of the molecule is CC.CN1CCC[C@@H](NC(=O)c2cccc(-c3ccc4[nH]ccc4c3)c2)C1. The zero-order valence-electron chi connectivity index (χ0n) is 16.5. The van der Waals surface area contributed by atoms with Crippen LogP contribution in [-0.4, -0.2) is 42.0 Å². The van der Waals surface area contributed by atoms with Crippen LogP contribution in [0.3, 0.4) is 0 Å².